The van der Waals surface area contributed by atoms with E-state index in [0.29, 0.717) is 29.4 Å². The van der Waals surface area contributed by atoms with Gasteiger partial charge >= 0.3 is 0 Å². The van der Waals surface area contributed by atoms with E-state index in [1.54, 1.807) is 23.6 Å². The van der Waals surface area contributed by atoms with Gasteiger partial charge in [0, 0.05) is 24.0 Å². The molecule has 0 radical (unpaired) electrons. The number of anilines is 1. The molecule has 0 aliphatic heterocycles. The van der Waals surface area contributed by atoms with E-state index in [1.807, 2.05) is 6.92 Å². The standard InChI is InChI=1S/C14H14N4O2S/c1-2-12-17-9-5-8(3-4-11(9)20-12)16-14(19)10-7-21-13(6-15)18-10/h3-5,7H,2,6,15H2,1H3,(H,16,19). The molecule has 1 aromatic carbocycles. The summed E-state index contributed by atoms with van der Waals surface area (Å²) >= 11 is 1.37. The van der Waals surface area contributed by atoms with Crippen LogP contribution in [0.1, 0.15) is 28.3 Å². The molecule has 0 saturated heterocycles. The monoisotopic (exact) mass is 302 g/mol. The fraction of sp³-hybridized carbons (Fsp3) is 0.214. The lowest BCUT2D eigenvalue weighted by molar-refractivity contribution is 0.102. The number of amides is 1. The molecule has 3 aromatic rings. The van der Waals surface area contributed by atoms with Crippen LogP contribution in [0.3, 0.4) is 0 Å². The van der Waals surface area contributed by atoms with Crippen molar-refractivity contribution in [2.45, 2.75) is 19.9 Å². The van der Waals surface area contributed by atoms with Crippen molar-refractivity contribution in [3.05, 3.63) is 40.2 Å². The highest BCUT2D eigenvalue weighted by Crippen LogP contribution is 2.21. The predicted molar refractivity (Wildman–Crippen MR) is 81.3 cm³/mol. The maximum Gasteiger partial charge on any atom is 0.275 e. The average molecular weight is 302 g/mol. The van der Waals surface area contributed by atoms with Gasteiger partial charge in [-0.3, -0.25) is 4.79 Å². The molecule has 0 spiro atoms. The number of hydrogen-bond donors (Lipinski definition) is 2. The summed E-state index contributed by atoms with van der Waals surface area (Å²) in [5, 5.41) is 5.23. The van der Waals surface area contributed by atoms with Crippen molar-refractivity contribution in [2.75, 3.05) is 5.32 Å². The molecule has 108 valence electrons. The molecule has 0 saturated carbocycles. The Kier molecular flexibility index (Phi) is 3.68. The van der Waals surface area contributed by atoms with Crippen LogP contribution in [0.15, 0.2) is 28.0 Å². The summed E-state index contributed by atoms with van der Waals surface area (Å²) in [5.41, 5.74) is 7.96. The largest absolute Gasteiger partial charge is 0.441 e. The van der Waals surface area contributed by atoms with Crippen LogP contribution in [0.25, 0.3) is 11.1 Å². The van der Waals surface area contributed by atoms with Crippen LogP contribution >= 0.6 is 11.3 Å². The number of aromatic nitrogens is 2. The molecule has 6 nitrogen and oxygen atoms in total. The third-order valence-electron chi connectivity index (χ3n) is 2.95. The number of nitrogens with zero attached hydrogens (tertiary/aromatic N) is 2. The highest BCUT2D eigenvalue weighted by atomic mass is 32.1. The summed E-state index contributed by atoms with van der Waals surface area (Å²) in [6.45, 7) is 2.31. The van der Waals surface area contributed by atoms with E-state index in [1.165, 1.54) is 11.3 Å². The van der Waals surface area contributed by atoms with E-state index >= 15 is 0 Å². The van der Waals surface area contributed by atoms with Crippen LogP contribution in [0.4, 0.5) is 5.69 Å². The fourth-order valence-electron chi connectivity index (χ4n) is 1.91. The molecule has 0 unspecified atom stereocenters. The smallest absolute Gasteiger partial charge is 0.275 e. The maximum absolute atomic E-state index is 12.1. The first-order valence-corrected chi connectivity index (χ1v) is 7.43. The number of nitrogens with two attached hydrogens (primary N) is 1. The minimum atomic E-state index is -0.260. The summed E-state index contributed by atoms with van der Waals surface area (Å²) < 4.78 is 5.53. The average Bonchev–Trinajstić information content (AvgIpc) is 3.12. The zero-order valence-corrected chi connectivity index (χ0v) is 12.2. The summed E-state index contributed by atoms with van der Waals surface area (Å²) in [6.07, 6.45) is 0.733. The van der Waals surface area contributed by atoms with E-state index in [9.17, 15) is 4.79 Å². The second-order valence-electron chi connectivity index (χ2n) is 4.43. The van der Waals surface area contributed by atoms with Gasteiger partial charge in [-0.1, -0.05) is 6.92 Å². The molecule has 2 aromatic heterocycles. The van der Waals surface area contributed by atoms with Gasteiger partial charge < -0.3 is 15.5 Å². The van der Waals surface area contributed by atoms with Gasteiger partial charge in [0.05, 0.1) is 0 Å². The fourth-order valence-corrected chi connectivity index (χ4v) is 2.56. The Labute approximate surface area is 125 Å². The number of fused-ring (bicyclic) bond motifs is 1. The first-order chi connectivity index (χ1) is 10.2. The van der Waals surface area contributed by atoms with Gasteiger partial charge in [0.25, 0.3) is 5.91 Å². The van der Waals surface area contributed by atoms with Crippen LogP contribution in [-0.4, -0.2) is 15.9 Å². The summed E-state index contributed by atoms with van der Waals surface area (Å²) in [6, 6.07) is 5.36. The normalized spacial score (nSPS) is 11.0. The number of thiazole rings is 1. The summed E-state index contributed by atoms with van der Waals surface area (Å²) in [7, 11) is 0. The van der Waals surface area contributed by atoms with Crippen molar-refractivity contribution < 1.29 is 9.21 Å². The van der Waals surface area contributed by atoms with Crippen molar-refractivity contribution in [3.8, 4) is 0 Å². The summed E-state index contributed by atoms with van der Waals surface area (Å²) in [4.78, 5) is 20.6. The van der Waals surface area contributed by atoms with Gasteiger partial charge in [-0.05, 0) is 18.2 Å². The van der Waals surface area contributed by atoms with Crippen molar-refractivity contribution in [3.63, 3.8) is 0 Å². The number of carbonyl (C=O) groups excluding carboxylic acids is 1. The number of aryl methyl sites for hydroxylation is 1. The first kappa shape index (κ1) is 13.7. The molecule has 0 fully saturated rings. The molecule has 0 atom stereocenters. The molecule has 2 heterocycles. The Hall–Kier alpha value is -2.25. The molecule has 3 rings (SSSR count). The second kappa shape index (κ2) is 5.63. The molecule has 1 amide bonds. The SMILES string of the molecule is CCc1nc2cc(NC(=O)c3csc(CN)n3)ccc2o1. The highest BCUT2D eigenvalue weighted by molar-refractivity contribution is 7.09. The zero-order valence-electron chi connectivity index (χ0n) is 11.4. The van der Waals surface area contributed by atoms with Crippen LogP contribution in [0.5, 0.6) is 0 Å². The molecule has 21 heavy (non-hydrogen) atoms. The van der Waals surface area contributed by atoms with E-state index in [-0.39, 0.29) is 5.91 Å². The van der Waals surface area contributed by atoms with E-state index in [4.69, 9.17) is 10.2 Å². The van der Waals surface area contributed by atoms with Gasteiger partial charge in [-0.25, -0.2) is 9.97 Å². The predicted octanol–water partition coefficient (Wildman–Crippen LogP) is 2.56. The second-order valence-corrected chi connectivity index (χ2v) is 5.37. The first-order valence-electron chi connectivity index (χ1n) is 6.55. The quantitative estimate of drug-likeness (QED) is 0.772. The molecular weight excluding hydrogens is 288 g/mol. The number of oxazole rings is 1. The lowest BCUT2D eigenvalue weighted by Crippen LogP contribution is -2.12. The Balaban J connectivity index is 1.81. The number of rotatable bonds is 4. The molecule has 3 N–H and O–H groups in total. The van der Waals surface area contributed by atoms with Gasteiger partial charge in [-0.15, -0.1) is 11.3 Å². The van der Waals surface area contributed by atoms with Gasteiger partial charge in [0.1, 0.15) is 16.2 Å². The zero-order chi connectivity index (χ0) is 14.8. The Morgan fingerprint density at radius 1 is 1.43 bits per heavy atom. The third kappa shape index (κ3) is 2.79. The Bertz CT molecular complexity index is 793. The topological polar surface area (TPSA) is 94.0 Å². The molecule has 7 heteroatoms. The number of benzene rings is 1. The van der Waals surface area contributed by atoms with Gasteiger partial charge in [0.15, 0.2) is 11.5 Å². The molecule has 0 aliphatic carbocycles. The van der Waals surface area contributed by atoms with Crippen molar-refractivity contribution in [1.82, 2.24) is 9.97 Å². The number of nitrogens with one attached hydrogen (secondary N) is 1. The maximum atomic E-state index is 12.1. The minimum Gasteiger partial charge on any atom is -0.441 e. The van der Waals surface area contributed by atoms with Gasteiger partial charge in [0.2, 0.25) is 0 Å². The van der Waals surface area contributed by atoms with Crippen molar-refractivity contribution in [2.24, 2.45) is 5.73 Å². The van der Waals surface area contributed by atoms with Crippen LogP contribution < -0.4 is 11.1 Å². The number of carbonyl (C=O) groups is 1. The summed E-state index contributed by atoms with van der Waals surface area (Å²) in [5.74, 6) is 0.421. The third-order valence-corrected chi connectivity index (χ3v) is 3.82. The van der Waals surface area contributed by atoms with Crippen molar-refractivity contribution in [1.29, 1.82) is 0 Å². The lowest BCUT2D eigenvalue weighted by Gasteiger charge is -2.02. The molecule has 0 aliphatic rings. The van der Waals surface area contributed by atoms with Crippen molar-refractivity contribution >= 4 is 34.0 Å². The lowest BCUT2D eigenvalue weighted by atomic mass is 10.3. The van der Waals surface area contributed by atoms with E-state index in [2.05, 4.69) is 15.3 Å². The highest BCUT2D eigenvalue weighted by Gasteiger charge is 2.12. The van der Waals surface area contributed by atoms with Gasteiger partial charge in [-0.2, -0.15) is 0 Å². The Morgan fingerprint density at radius 2 is 2.29 bits per heavy atom. The van der Waals surface area contributed by atoms with Crippen LogP contribution in [0.2, 0.25) is 0 Å². The number of hydrogen-bond acceptors (Lipinski definition) is 6. The molecule has 0 bridgehead atoms. The van der Waals surface area contributed by atoms with E-state index in [0.717, 1.165) is 16.9 Å². The van der Waals surface area contributed by atoms with E-state index < -0.39 is 0 Å². The minimum absolute atomic E-state index is 0.260. The molecular formula is C14H14N4O2S. The van der Waals surface area contributed by atoms with Crippen LogP contribution in [-0.2, 0) is 13.0 Å². The van der Waals surface area contributed by atoms with Crippen LogP contribution in [0, 0.1) is 0 Å². The Morgan fingerprint density at radius 3 is 3.00 bits per heavy atom.